The average molecular weight is 346 g/mol. The van der Waals surface area contributed by atoms with E-state index in [1.807, 2.05) is 0 Å². The van der Waals surface area contributed by atoms with Crippen molar-refractivity contribution in [1.82, 2.24) is 4.90 Å². The van der Waals surface area contributed by atoms with Crippen LogP contribution < -0.4 is 11.1 Å². The second-order valence-corrected chi connectivity index (χ2v) is 6.82. The maximum atomic E-state index is 10.9. The molecule has 0 spiro atoms. The summed E-state index contributed by atoms with van der Waals surface area (Å²) >= 11 is 0. The predicted molar refractivity (Wildman–Crippen MR) is 98.9 cm³/mol. The van der Waals surface area contributed by atoms with Crippen LogP contribution in [0.5, 0.6) is 0 Å². The van der Waals surface area contributed by atoms with Crippen molar-refractivity contribution in [3.05, 3.63) is 23.3 Å². The molecule has 1 fully saturated rings. The highest BCUT2D eigenvalue weighted by molar-refractivity contribution is 5.91. The number of likely N-dealkylation sites (tertiary alicyclic amines) is 1. The molecule has 25 heavy (non-hydrogen) atoms. The topological polar surface area (TPSA) is 108 Å². The van der Waals surface area contributed by atoms with Crippen LogP contribution in [0.25, 0.3) is 0 Å². The molecule has 7 nitrogen and oxygen atoms in total. The number of nitrogens with one attached hydrogen (secondary N) is 1. The second-order valence-electron chi connectivity index (χ2n) is 6.82. The van der Waals surface area contributed by atoms with Gasteiger partial charge in [0.05, 0.1) is 18.2 Å². The molecule has 1 aromatic carbocycles. The van der Waals surface area contributed by atoms with Gasteiger partial charge in [-0.3, -0.25) is 14.7 Å². The van der Waals surface area contributed by atoms with E-state index in [-0.39, 0.29) is 6.04 Å². The molecule has 7 heteroatoms. The Kier molecular flexibility index (Phi) is 6.27. The van der Waals surface area contributed by atoms with Crippen LogP contribution >= 0.6 is 0 Å². The molecule has 0 aliphatic carbocycles. The van der Waals surface area contributed by atoms with Gasteiger partial charge in [0.25, 0.3) is 0 Å². The molecular weight excluding hydrogens is 320 g/mol. The van der Waals surface area contributed by atoms with Crippen LogP contribution in [0, 0.1) is 0 Å². The average Bonchev–Trinajstić information content (AvgIpc) is 2.56. The van der Waals surface area contributed by atoms with Crippen LogP contribution in [0.1, 0.15) is 37.8 Å². The molecule has 0 unspecified atom stereocenters. The number of nitrogens with two attached hydrogens (primary N) is 1. The van der Waals surface area contributed by atoms with Crippen molar-refractivity contribution >= 4 is 30.3 Å². The van der Waals surface area contributed by atoms with E-state index in [9.17, 15) is 14.7 Å². The number of aldehydes is 1. The van der Waals surface area contributed by atoms with Gasteiger partial charge in [0.2, 0.25) is 6.41 Å². The summed E-state index contributed by atoms with van der Waals surface area (Å²) in [6, 6.07) is 3.58. The molecule has 0 atom stereocenters. The Morgan fingerprint density at radius 1 is 1.36 bits per heavy atom. The minimum absolute atomic E-state index is 0.193. The number of piperidine rings is 1. The molecule has 1 heterocycles. The lowest BCUT2D eigenvalue weighted by Gasteiger charge is -2.28. The van der Waals surface area contributed by atoms with Crippen molar-refractivity contribution in [2.75, 3.05) is 30.7 Å². The summed E-state index contributed by atoms with van der Waals surface area (Å²) in [5.41, 5.74) is 7.23. The lowest BCUT2D eigenvalue weighted by atomic mass is 9.94. The number of benzene rings is 1. The first-order valence-electron chi connectivity index (χ1n) is 8.41. The highest BCUT2D eigenvalue weighted by atomic mass is 16.3. The Labute approximate surface area is 147 Å². The van der Waals surface area contributed by atoms with Gasteiger partial charge in [-0.2, -0.15) is 0 Å². The second kappa shape index (κ2) is 8.22. The minimum Gasteiger partial charge on any atom is -0.398 e. The standard InChI is InChI=1S/C18H26N4O3/c1-18(2,25)15-10-16(19)13(9-17(15)21-12-24)11-20-14-3-5-22(6-4-14)7-8-23/h8-12,14,25H,3-7,19H2,1-2H3,(H,21,24). The van der Waals surface area contributed by atoms with E-state index in [0.717, 1.165) is 32.2 Å². The molecule has 0 bridgehead atoms. The summed E-state index contributed by atoms with van der Waals surface area (Å²) < 4.78 is 0. The minimum atomic E-state index is -1.12. The fraction of sp³-hybridized carbons (Fsp3) is 0.500. The van der Waals surface area contributed by atoms with Gasteiger partial charge in [0.1, 0.15) is 6.29 Å². The number of nitrogen functional groups attached to an aromatic ring is 1. The van der Waals surface area contributed by atoms with Crippen molar-refractivity contribution in [3.63, 3.8) is 0 Å². The van der Waals surface area contributed by atoms with Gasteiger partial charge in [0, 0.05) is 41.8 Å². The largest absolute Gasteiger partial charge is 0.398 e. The van der Waals surface area contributed by atoms with Crippen LogP contribution in [0.15, 0.2) is 17.1 Å². The third-order valence-electron chi connectivity index (χ3n) is 4.41. The van der Waals surface area contributed by atoms with E-state index < -0.39 is 5.60 Å². The van der Waals surface area contributed by atoms with E-state index in [1.54, 1.807) is 32.2 Å². The van der Waals surface area contributed by atoms with E-state index >= 15 is 0 Å². The summed E-state index contributed by atoms with van der Waals surface area (Å²) in [4.78, 5) is 28.1. The number of aliphatic imine (C=N–C) groups is 1. The summed E-state index contributed by atoms with van der Waals surface area (Å²) in [5.74, 6) is 0. The van der Waals surface area contributed by atoms with Crippen molar-refractivity contribution in [2.45, 2.75) is 38.3 Å². The van der Waals surface area contributed by atoms with Crippen LogP contribution in [0.3, 0.4) is 0 Å². The number of anilines is 2. The molecule has 1 saturated heterocycles. The van der Waals surface area contributed by atoms with Crippen LogP contribution in [0.4, 0.5) is 11.4 Å². The van der Waals surface area contributed by atoms with E-state index in [1.165, 1.54) is 0 Å². The highest BCUT2D eigenvalue weighted by Gasteiger charge is 2.22. The Bertz CT molecular complexity index is 644. The fourth-order valence-electron chi connectivity index (χ4n) is 2.98. The highest BCUT2D eigenvalue weighted by Crippen LogP contribution is 2.31. The normalized spacial score (nSPS) is 16.9. The van der Waals surface area contributed by atoms with Crippen LogP contribution in [-0.4, -0.2) is 54.6 Å². The molecule has 1 aliphatic heterocycles. The smallest absolute Gasteiger partial charge is 0.211 e. The molecule has 1 aliphatic rings. The van der Waals surface area contributed by atoms with Gasteiger partial charge < -0.3 is 21.0 Å². The number of rotatable bonds is 7. The zero-order valence-electron chi connectivity index (χ0n) is 14.7. The first kappa shape index (κ1) is 19.1. The monoisotopic (exact) mass is 346 g/mol. The quantitative estimate of drug-likeness (QED) is 0.390. The molecule has 0 radical (unpaired) electrons. The van der Waals surface area contributed by atoms with E-state index in [4.69, 9.17) is 5.73 Å². The first-order valence-corrected chi connectivity index (χ1v) is 8.41. The number of aliphatic hydroxyl groups is 1. The van der Waals surface area contributed by atoms with E-state index in [2.05, 4.69) is 15.2 Å². The van der Waals surface area contributed by atoms with Crippen LogP contribution in [0.2, 0.25) is 0 Å². The van der Waals surface area contributed by atoms with Crippen LogP contribution in [-0.2, 0) is 15.2 Å². The Morgan fingerprint density at radius 3 is 2.60 bits per heavy atom. The Balaban J connectivity index is 2.15. The third-order valence-corrected chi connectivity index (χ3v) is 4.41. The van der Waals surface area contributed by atoms with Gasteiger partial charge in [-0.15, -0.1) is 0 Å². The summed E-state index contributed by atoms with van der Waals surface area (Å²) in [6.07, 6.45) is 5.01. The number of carbonyl (C=O) groups is 2. The molecule has 4 N–H and O–H groups in total. The van der Waals surface area contributed by atoms with Crippen molar-refractivity contribution < 1.29 is 14.7 Å². The predicted octanol–water partition coefficient (Wildman–Crippen LogP) is 1.15. The molecule has 0 aromatic heterocycles. The van der Waals surface area contributed by atoms with E-state index in [0.29, 0.717) is 35.5 Å². The van der Waals surface area contributed by atoms with Gasteiger partial charge in [0.15, 0.2) is 0 Å². The molecule has 0 saturated carbocycles. The van der Waals surface area contributed by atoms with Gasteiger partial charge >= 0.3 is 0 Å². The molecule has 136 valence electrons. The van der Waals surface area contributed by atoms with Crippen molar-refractivity contribution in [2.24, 2.45) is 4.99 Å². The van der Waals surface area contributed by atoms with Crippen molar-refractivity contribution in [1.29, 1.82) is 0 Å². The van der Waals surface area contributed by atoms with Gasteiger partial charge in [-0.1, -0.05) is 0 Å². The Hall–Kier alpha value is -2.25. The first-order chi connectivity index (χ1) is 11.8. The Morgan fingerprint density at radius 2 is 2.04 bits per heavy atom. The third kappa shape index (κ3) is 5.11. The lowest BCUT2D eigenvalue weighted by molar-refractivity contribution is -0.109. The van der Waals surface area contributed by atoms with Crippen molar-refractivity contribution in [3.8, 4) is 0 Å². The summed E-state index contributed by atoms with van der Waals surface area (Å²) in [6.45, 7) is 5.46. The summed E-state index contributed by atoms with van der Waals surface area (Å²) in [7, 11) is 0. The number of hydrogen-bond acceptors (Lipinski definition) is 6. The molecule has 1 amide bonds. The number of carbonyl (C=O) groups excluding carboxylic acids is 2. The van der Waals surface area contributed by atoms with Gasteiger partial charge in [-0.25, -0.2) is 0 Å². The fourth-order valence-corrected chi connectivity index (χ4v) is 2.98. The van der Waals surface area contributed by atoms with Gasteiger partial charge in [-0.05, 0) is 38.8 Å². The SMILES string of the molecule is CC(C)(O)c1cc(N)c(C=NC2CCN(CC=O)CC2)cc1NC=O. The lowest BCUT2D eigenvalue weighted by Crippen LogP contribution is -2.36. The summed E-state index contributed by atoms with van der Waals surface area (Å²) in [5, 5.41) is 12.9. The zero-order chi connectivity index (χ0) is 18.4. The number of hydrogen-bond donors (Lipinski definition) is 3. The number of amides is 1. The molecule has 1 aromatic rings. The zero-order valence-corrected chi connectivity index (χ0v) is 14.7. The molecule has 2 rings (SSSR count). The molecular formula is C18H26N4O3. The maximum absolute atomic E-state index is 10.9. The maximum Gasteiger partial charge on any atom is 0.211 e. The number of nitrogens with zero attached hydrogens (tertiary/aromatic N) is 2.